The van der Waals surface area contributed by atoms with Crippen molar-refractivity contribution < 1.29 is 8.42 Å². The summed E-state index contributed by atoms with van der Waals surface area (Å²) in [5.74, 6) is 0. The van der Waals surface area contributed by atoms with E-state index < -0.39 is 10.0 Å². The van der Waals surface area contributed by atoms with Crippen molar-refractivity contribution in [2.45, 2.75) is 32.2 Å². The zero-order valence-electron chi connectivity index (χ0n) is 15.7. The van der Waals surface area contributed by atoms with E-state index in [4.69, 9.17) is 0 Å². The summed E-state index contributed by atoms with van der Waals surface area (Å²) in [4.78, 5) is 7.31. The highest BCUT2D eigenvalue weighted by Crippen LogP contribution is 2.27. The summed E-state index contributed by atoms with van der Waals surface area (Å²) in [6.45, 7) is 8.07. The number of para-hydroxylation sites is 1. The van der Waals surface area contributed by atoms with Crippen LogP contribution in [0.25, 0.3) is 4.96 Å². The molecule has 27 heavy (non-hydrogen) atoms. The van der Waals surface area contributed by atoms with Gasteiger partial charge in [-0.05, 0) is 31.9 Å². The Balaban J connectivity index is 1.60. The van der Waals surface area contributed by atoms with E-state index in [2.05, 4.69) is 34.0 Å². The Bertz CT molecular complexity index is 1080. The molecule has 0 atom stereocenters. The van der Waals surface area contributed by atoms with Crippen LogP contribution >= 0.6 is 11.3 Å². The number of fused-ring (bicyclic) bond motifs is 1. The van der Waals surface area contributed by atoms with Crippen LogP contribution in [-0.4, -0.2) is 53.5 Å². The van der Waals surface area contributed by atoms with E-state index >= 15 is 0 Å². The highest BCUT2D eigenvalue weighted by molar-refractivity contribution is 7.89. The van der Waals surface area contributed by atoms with Gasteiger partial charge in [-0.15, -0.1) is 0 Å². The molecule has 1 aliphatic heterocycles. The fourth-order valence-electron chi connectivity index (χ4n) is 3.52. The smallest absolute Gasteiger partial charge is 0.262 e. The van der Waals surface area contributed by atoms with Gasteiger partial charge in [0.2, 0.25) is 4.96 Å². The summed E-state index contributed by atoms with van der Waals surface area (Å²) in [6, 6.07) is 8.21. The van der Waals surface area contributed by atoms with E-state index in [1.807, 2.05) is 19.1 Å². The summed E-state index contributed by atoms with van der Waals surface area (Å²) in [5.41, 5.74) is 2.89. The monoisotopic (exact) mass is 405 g/mol. The number of anilines is 1. The largest absolute Gasteiger partial charge is 0.369 e. The number of hydrogen-bond donors (Lipinski definition) is 0. The molecule has 0 bridgehead atoms. The highest BCUT2D eigenvalue weighted by Gasteiger charge is 2.34. The van der Waals surface area contributed by atoms with Gasteiger partial charge in [-0.1, -0.05) is 36.5 Å². The molecular weight excluding hydrogens is 382 g/mol. The van der Waals surface area contributed by atoms with Gasteiger partial charge in [0.05, 0.1) is 5.69 Å². The molecule has 0 aliphatic carbocycles. The van der Waals surface area contributed by atoms with Gasteiger partial charge in [-0.2, -0.15) is 13.9 Å². The van der Waals surface area contributed by atoms with Crippen molar-refractivity contribution in [3.8, 4) is 0 Å². The predicted octanol–water partition coefficient (Wildman–Crippen LogP) is 2.48. The van der Waals surface area contributed by atoms with Crippen LogP contribution in [0.4, 0.5) is 5.69 Å². The minimum Gasteiger partial charge on any atom is -0.369 e. The number of piperazine rings is 1. The third-order valence-electron chi connectivity index (χ3n) is 4.95. The lowest BCUT2D eigenvalue weighted by molar-refractivity contribution is 0.382. The van der Waals surface area contributed by atoms with Crippen LogP contribution in [0.5, 0.6) is 0 Å². The standard InChI is InChI=1S/C18H23N5O2S2/c1-4-16-20-23-17(14(3)19-18(23)26-16)27(24,25)22-11-9-21(10-12-22)15-8-6-5-7-13(15)2/h5-8H,4,9-12H2,1-3H3. The predicted molar refractivity (Wildman–Crippen MR) is 107 cm³/mol. The SMILES string of the molecule is CCc1nn2c(S(=O)(=O)N3CCN(c4ccccc4C)CC3)c(C)nc2s1. The molecule has 4 rings (SSSR count). The summed E-state index contributed by atoms with van der Waals surface area (Å²) >= 11 is 1.44. The lowest BCUT2D eigenvalue weighted by Crippen LogP contribution is -2.49. The normalized spacial score (nSPS) is 16.3. The molecule has 1 aromatic carbocycles. The first-order valence-electron chi connectivity index (χ1n) is 9.07. The van der Waals surface area contributed by atoms with Gasteiger partial charge < -0.3 is 4.90 Å². The second-order valence-corrected chi connectivity index (χ2v) is 9.62. The third kappa shape index (κ3) is 3.13. The van der Waals surface area contributed by atoms with Crippen LogP contribution in [-0.2, 0) is 16.4 Å². The first kappa shape index (κ1) is 18.4. The quantitative estimate of drug-likeness (QED) is 0.667. The molecule has 1 fully saturated rings. The molecule has 3 heterocycles. The molecule has 0 N–H and O–H groups in total. The van der Waals surface area contributed by atoms with Gasteiger partial charge in [-0.3, -0.25) is 0 Å². The highest BCUT2D eigenvalue weighted by atomic mass is 32.2. The van der Waals surface area contributed by atoms with Crippen LogP contribution in [0.15, 0.2) is 29.3 Å². The third-order valence-corrected chi connectivity index (χ3v) is 8.00. The minimum atomic E-state index is -3.64. The molecule has 2 aromatic heterocycles. The van der Waals surface area contributed by atoms with Gasteiger partial charge >= 0.3 is 0 Å². The second-order valence-electron chi connectivity index (χ2n) is 6.72. The molecule has 1 aliphatic rings. The van der Waals surface area contributed by atoms with Crippen molar-refractivity contribution in [1.29, 1.82) is 0 Å². The number of benzene rings is 1. The maximum atomic E-state index is 13.3. The fraction of sp³-hybridized carbons (Fsp3) is 0.444. The van der Waals surface area contributed by atoms with Crippen LogP contribution in [0.1, 0.15) is 23.2 Å². The number of aryl methyl sites for hydroxylation is 3. The molecule has 9 heteroatoms. The van der Waals surface area contributed by atoms with E-state index in [1.165, 1.54) is 27.1 Å². The second kappa shape index (κ2) is 6.88. The van der Waals surface area contributed by atoms with Crippen LogP contribution in [0.2, 0.25) is 0 Å². The van der Waals surface area contributed by atoms with Crippen molar-refractivity contribution in [2.75, 3.05) is 31.1 Å². The lowest BCUT2D eigenvalue weighted by atomic mass is 10.1. The summed E-state index contributed by atoms with van der Waals surface area (Å²) in [6.07, 6.45) is 0.766. The van der Waals surface area contributed by atoms with E-state index in [-0.39, 0.29) is 5.03 Å². The van der Waals surface area contributed by atoms with Crippen LogP contribution in [0.3, 0.4) is 0 Å². The van der Waals surface area contributed by atoms with E-state index in [9.17, 15) is 8.42 Å². The lowest BCUT2D eigenvalue weighted by Gasteiger charge is -2.35. The Morgan fingerprint density at radius 2 is 1.81 bits per heavy atom. The molecule has 0 saturated carbocycles. The van der Waals surface area contributed by atoms with E-state index in [1.54, 1.807) is 11.2 Å². The molecule has 0 amide bonds. The van der Waals surface area contributed by atoms with E-state index in [0.717, 1.165) is 11.4 Å². The van der Waals surface area contributed by atoms with Crippen molar-refractivity contribution in [3.63, 3.8) is 0 Å². The number of nitrogens with zero attached hydrogens (tertiary/aromatic N) is 5. The van der Waals surface area contributed by atoms with Crippen LogP contribution in [0, 0.1) is 13.8 Å². The number of sulfonamides is 1. The molecular formula is C18H23N5O2S2. The molecule has 3 aromatic rings. The van der Waals surface area contributed by atoms with E-state index in [0.29, 0.717) is 36.8 Å². The Labute approximate surface area is 163 Å². The number of imidazole rings is 1. The van der Waals surface area contributed by atoms with Gasteiger partial charge in [0.25, 0.3) is 10.0 Å². The Morgan fingerprint density at radius 1 is 1.11 bits per heavy atom. The Hall–Kier alpha value is -1.97. The van der Waals surface area contributed by atoms with Crippen molar-refractivity contribution in [3.05, 3.63) is 40.5 Å². The number of rotatable bonds is 4. The van der Waals surface area contributed by atoms with Crippen molar-refractivity contribution in [1.82, 2.24) is 18.9 Å². The zero-order chi connectivity index (χ0) is 19.2. The maximum Gasteiger partial charge on any atom is 0.262 e. The average Bonchev–Trinajstić information content (AvgIpc) is 3.18. The van der Waals surface area contributed by atoms with Crippen molar-refractivity contribution >= 4 is 32.0 Å². The zero-order valence-corrected chi connectivity index (χ0v) is 17.3. The van der Waals surface area contributed by atoms with Gasteiger partial charge in [-0.25, -0.2) is 13.4 Å². The molecule has 1 saturated heterocycles. The summed E-state index contributed by atoms with van der Waals surface area (Å²) in [7, 11) is -3.64. The Kier molecular flexibility index (Phi) is 4.69. The van der Waals surface area contributed by atoms with Gasteiger partial charge in [0, 0.05) is 31.9 Å². The number of hydrogen-bond acceptors (Lipinski definition) is 6. The van der Waals surface area contributed by atoms with Gasteiger partial charge in [0.1, 0.15) is 5.01 Å². The van der Waals surface area contributed by atoms with Gasteiger partial charge in [0.15, 0.2) is 5.03 Å². The van der Waals surface area contributed by atoms with Crippen molar-refractivity contribution in [2.24, 2.45) is 0 Å². The topological polar surface area (TPSA) is 70.8 Å². The molecule has 0 unspecified atom stereocenters. The first-order chi connectivity index (χ1) is 12.9. The molecule has 0 radical (unpaired) electrons. The number of aromatic nitrogens is 3. The maximum absolute atomic E-state index is 13.3. The first-order valence-corrected chi connectivity index (χ1v) is 11.3. The van der Waals surface area contributed by atoms with Crippen LogP contribution < -0.4 is 4.90 Å². The Morgan fingerprint density at radius 3 is 2.48 bits per heavy atom. The average molecular weight is 406 g/mol. The summed E-state index contributed by atoms with van der Waals surface area (Å²) in [5, 5.41) is 5.54. The fourth-order valence-corrected chi connectivity index (χ4v) is 6.11. The molecule has 0 spiro atoms. The molecule has 144 valence electrons. The summed E-state index contributed by atoms with van der Waals surface area (Å²) < 4.78 is 29.7. The minimum absolute atomic E-state index is 0.206. The molecule has 7 nitrogen and oxygen atoms in total.